The summed E-state index contributed by atoms with van der Waals surface area (Å²) in [6.07, 6.45) is 11.0. The molecule has 1 rings (SSSR count). The van der Waals surface area contributed by atoms with Crippen molar-refractivity contribution in [2.24, 2.45) is 0 Å². The lowest BCUT2D eigenvalue weighted by atomic mass is 10.0. The number of ketones is 1. The molecule has 0 aromatic heterocycles. The van der Waals surface area contributed by atoms with Crippen LogP contribution >= 0.6 is 0 Å². The highest BCUT2D eigenvalue weighted by Gasteiger charge is 2.32. The second kappa shape index (κ2) is 9.51. The molecule has 0 aromatic carbocycles. The summed E-state index contributed by atoms with van der Waals surface area (Å²) in [4.78, 5) is 11.8. The molecule has 1 atom stereocenters. The van der Waals surface area contributed by atoms with Crippen LogP contribution in [0.1, 0.15) is 85.0 Å². The zero-order valence-corrected chi connectivity index (χ0v) is 13.6. The molecule has 0 aromatic rings. The largest absolute Gasteiger partial charge is 0.348 e. The van der Waals surface area contributed by atoms with Gasteiger partial charge in [0.25, 0.3) is 0 Å². The number of rotatable bonds is 11. The fourth-order valence-electron chi connectivity index (χ4n) is 2.66. The number of hydrogen-bond donors (Lipinski definition) is 0. The average molecular weight is 284 g/mol. The van der Waals surface area contributed by atoms with Crippen LogP contribution in [-0.4, -0.2) is 24.3 Å². The van der Waals surface area contributed by atoms with E-state index >= 15 is 0 Å². The smallest absolute Gasteiger partial charge is 0.163 e. The van der Waals surface area contributed by atoms with Crippen LogP contribution in [0.5, 0.6) is 0 Å². The number of unbranched alkanes of at least 4 members (excludes halogenated alkanes) is 5. The number of carbonyl (C=O) groups is 1. The van der Waals surface area contributed by atoms with Crippen LogP contribution in [0.4, 0.5) is 0 Å². The van der Waals surface area contributed by atoms with E-state index < -0.39 is 5.79 Å². The summed E-state index contributed by atoms with van der Waals surface area (Å²) in [5, 5.41) is 0. The Morgan fingerprint density at radius 3 is 2.35 bits per heavy atom. The molecule has 3 heteroatoms. The molecule has 0 saturated carbocycles. The fraction of sp³-hybridized carbons (Fsp3) is 0.941. The van der Waals surface area contributed by atoms with Crippen LogP contribution in [0.3, 0.4) is 0 Å². The molecule has 1 aliphatic rings. The maximum absolute atomic E-state index is 11.8. The van der Waals surface area contributed by atoms with Gasteiger partial charge in [-0.05, 0) is 33.1 Å². The minimum absolute atomic E-state index is 0.173. The van der Waals surface area contributed by atoms with E-state index in [2.05, 4.69) is 6.92 Å². The Hall–Kier alpha value is -0.410. The van der Waals surface area contributed by atoms with Crippen LogP contribution in [0.15, 0.2) is 0 Å². The van der Waals surface area contributed by atoms with Crippen molar-refractivity contribution in [1.82, 2.24) is 0 Å². The molecule has 0 bridgehead atoms. The third-order valence-electron chi connectivity index (χ3n) is 3.86. The van der Waals surface area contributed by atoms with Crippen LogP contribution in [-0.2, 0) is 14.3 Å². The molecule has 1 saturated heterocycles. The van der Waals surface area contributed by atoms with E-state index in [-0.39, 0.29) is 6.10 Å². The standard InChI is InChI=1S/C17H32O3/c1-4-5-6-7-8-9-11-15(18)12-10-13-16-14-19-17(2,3)20-16/h16H,4-14H2,1-3H3. The van der Waals surface area contributed by atoms with Crippen LogP contribution in [0.2, 0.25) is 0 Å². The van der Waals surface area contributed by atoms with Gasteiger partial charge in [0.15, 0.2) is 5.79 Å². The zero-order valence-electron chi connectivity index (χ0n) is 13.6. The van der Waals surface area contributed by atoms with Crippen molar-refractivity contribution in [3.05, 3.63) is 0 Å². The lowest BCUT2D eigenvalue weighted by Crippen LogP contribution is -2.21. The lowest BCUT2D eigenvalue weighted by molar-refractivity contribution is -0.139. The van der Waals surface area contributed by atoms with Gasteiger partial charge in [0.1, 0.15) is 5.78 Å². The molecule has 1 aliphatic heterocycles. The van der Waals surface area contributed by atoms with Gasteiger partial charge in [-0.15, -0.1) is 0 Å². The maximum Gasteiger partial charge on any atom is 0.163 e. The van der Waals surface area contributed by atoms with E-state index in [4.69, 9.17) is 9.47 Å². The molecule has 0 N–H and O–H groups in total. The van der Waals surface area contributed by atoms with Crippen molar-refractivity contribution in [1.29, 1.82) is 0 Å². The topological polar surface area (TPSA) is 35.5 Å². The molecular weight excluding hydrogens is 252 g/mol. The molecule has 1 fully saturated rings. The van der Waals surface area contributed by atoms with Gasteiger partial charge in [-0.3, -0.25) is 4.79 Å². The minimum atomic E-state index is -0.437. The first-order chi connectivity index (χ1) is 9.53. The highest BCUT2D eigenvalue weighted by molar-refractivity contribution is 5.78. The second-order valence-electron chi connectivity index (χ2n) is 6.40. The normalized spacial score (nSPS) is 21.2. The third-order valence-corrected chi connectivity index (χ3v) is 3.86. The predicted molar refractivity (Wildman–Crippen MR) is 81.8 cm³/mol. The highest BCUT2D eigenvalue weighted by atomic mass is 16.7. The van der Waals surface area contributed by atoms with Gasteiger partial charge in [0.05, 0.1) is 12.7 Å². The van der Waals surface area contributed by atoms with Gasteiger partial charge in [-0.1, -0.05) is 39.0 Å². The molecule has 0 amide bonds. The van der Waals surface area contributed by atoms with E-state index in [0.717, 1.165) is 25.7 Å². The van der Waals surface area contributed by atoms with Gasteiger partial charge in [-0.25, -0.2) is 0 Å². The summed E-state index contributed by atoms with van der Waals surface area (Å²) >= 11 is 0. The van der Waals surface area contributed by atoms with Crippen LogP contribution < -0.4 is 0 Å². The highest BCUT2D eigenvalue weighted by Crippen LogP contribution is 2.25. The van der Waals surface area contributed by atoms with Crippen molar-refractivity contribution in [2.45, 2.75) is 96.9 Å². The van der Waals surface area contributed by atoms with Crippen molar-refractivity contribution in [2.75, 3.05) is 6.61 Å². The molecule has 1 heterocycles. The van der Waals surface area contributed by atoms with E-state index in [1.54, 1.807) is 0 Å². The van der Waals surface area contributed by atoms with Crippen LogP contribution in [0.25, 0.3) is 0 Å². The molecule has 0 radical (unpaired) electrons. The minimum Gasteiger partial charge on any atom is -0.348 e. The quantitative estimate of drug-likeness (QED) is 0.519. The van der Waals surface area contributed by atoms with Gasteiger partial charge >= 0.3 is 0 Å². The Balaban J connectivity index is 1.93. The predicted octanol–water partition coefficient (Wildman–Crippen LogP) is 4.63. The average Bonchev–Trinajstić information content (AvgIpc) is 2.73. The summed E-state index contributed by atoms with van der Waals surface area (Å²) < 4.78 is 11.2. The molecular formula is C17H32O3. The Kier molecular flexibility index (Phi) is 8.39. The molecule has 0 spiro atoms. The first-order valence-electron chi connectivity index (χ1n) is 8.37. The van der Waals surface area contributed by atoms with E-state index in [1.807, 2.05) is 13.8 Å². The first kappa shape index (κ1) is 17.6. The molecule has 118 valence electrons. The van der Waals surface area contributed by atoms with Gasteiger partial charge in [0.2, 0.25) is 0 Å². The number of hydrogen-bond acceptors (Lipinski definition) is 3. The zero-order chi connectivity index (χ0) is 14.8. The van der Waals surface area contributed by atoms with E-state index in [9.17, 15) is 4.79 Å². The Labute approximate surface area is 124 Å². The number of carbonyl (C=O) groups excluding carboxylic acids is 1. The third kappa shape index (κ3) is 8.01. The summed E-state index contributed by atoms with van der Waals surface area (Å²) in [6.45, 7) is 6.77. The summed E-state index contributed by atoms with van der Waals surface area (Å²) in [5.74, 6) is -0.0219. The maximum atomic E-state index is 11.8. The molecule has 0 aliphatic carbocycles. The van der Waals surface area contributed by atoms with Gasteiger partial charge in [-0.2, -0.15) is 0 Å². The van der Waals surface area contributed by atoms with Gasteiger partial charge < -0.3 is 9.47 Å². The molecule has 1 unspecified atom stereocenters. The summed E-state index contributed by atoms with van der Waals surface area (Å²) in [6, 6.07) is 0. The SMILES string of the molecule is CCCCCCCCC(=O)CCCC1COC(C)(C)O1. The monoisotopic (exact) mass is 284 g/mol. The van der Waals surface area contributed by atoms with Crippen molar-refractivity contribution in [3.8, 4) is 0 Å². The summed E-state index contributed by atoms with van der Waals surface area (Å²) in [7, 11) is 0. The van der Waals surface area contributed by atoms with Crippen molar-refractivity contribution in [3.63, 3.8) is 0 Å². The Morgan fingerprint density at radius 1 is 1.05 bits per heavy atom. The second-order valence-corrected chi connectivity index (χ2v) is 6.40. The van der Waals surface area contributed by atoms with Gasteiger partial charge in [0, 0.05) is 12.8 Å². The fourth-order valence-corrected chi connectivity index (χ4v) is 2.66. The van der Waals surface area contributed by atoms with Crippen LogP contribution in [0, 0.1) is 0 Å². The molecule has 3 nitrogen and oxygen atoms in total. The number of Topliss-reactive ketones (excluding diaryl/α,β-unsaturated/α-hetero) is 1. The van der Waals surface area contributed by atoms with Crippen molar-refractivity contribution < 1.29 is 14.3 Å². The van der Waals surface area contributed by atoms with E-state index in [1.165, 1.54) is 32.1 Å². The van der Waals surface area contributed by atoms with E-state index in [0.29, 0.717) is 18.8 Å². The van der Waals surface area contributed by atoms with Crippen molar-refractivity contribution >= 4 is 5.78 Å². The number of ether oxygens (including phenoxy) is 2. The Morgan fingerprint density at radius 2 is 1.70 bits per heavy atom. The summed E-state index contributed by atoms with van der Waals surface area (Å²) in [5.41, 5.74) is 0. The Bertz CT molecular complexity index is 273. The lowest BCUT2D eigenvalue weighted by Gasteiger charge is -2.16. The first-order valence-corrected chi connectivity index (χ1v) is 8.37. The molecule has 20 heavy (non-hydrogen) atoms.